The Labute approximate surface area is 104 Å². The SMILES string of the molecule is CCCC(O)c1cccc2c(Br)cccc12. The second-order valence-corrected chi connectivity index (χ2v) is 4.84. The molecule has 0 radical (unpaired) electrons. The van der Waals surface area contributed by atoms with Gasteiger partial charge in [0, 0.05) is 4.47 Å². The molecule has 2 rings (SSSR count). The lowest BCUT2D eigenvalue weighted by atomic mass is 9.98. The van der Waals surface area contributed by atoms with Gasteiger partial charge in [-0.15, -0.1) is 0 Å². The van der Waals surface area contributed by atoms with Gasteiger partial charge in [0.1, 0.15) is 0 Å². The van der Waals surface area contributed by atoms with Crippen molar-refractivity contribution in [3.05, 3.63) is 46.4 Å². The van der Waals surface area contributed by atoms with E-state index in [0.29, 0.717) is 0 Å². The first kappa shape index (κ1) is 11.6. The number of hydrogen-bond donors (Lipinski definition) is 1. The summed E-state index contributed by atoms with van der Waals surface area (Å²) in [6.07, 6.45) is 1.44. The third-order valence-corrected chi connectivity index (χ3v) is 3.52. The molecule has 0 aliphatic carbocycles. The largest absolute Gasteiger partial charge is 0.388 e. The lowest BCUT2D eigenvalue weighted by molar-refractivity contribution is 0.168. The van der Waals surface area contributed by atoms with Gasteiger partial charge in [-0.25, -0.2) is 0 Å². The molecule has 0 heterocycles. The molecule has 0 spiro atoms. The molecule has 0 aliphatic heterocycles. The van der Waals surface area contributed by atoms with Gasteiger partial charge in [0.25, 0.3) is 0 Å². The van der Waals surface area contributed by atoms with Crippen LogP contribution in [0.15, 0.2) is 40.9 Å². The van der Waals surface area contributed by atoms with Crippen molar-refractivity contribution in [3.8, 4) is 0 Å². The summed E-state index contributed by atoms with van der Waals surface area (Å²) in [7, 11) is 0. The molecule has 0 fully saturated rings. The first-order chi connectivity index (χ1) is 7.74. The lowest BCUT2D eigenvalue weighted by Crippen LogP contribution is -1.97. The van der Waals surface area contributed by atoms with Crippen LogP contribution in [0.25, 0.3) is 10.8 Å². The summed E-state index contributed by atoms with van der Waals surface area (Å²) in [6.45, 7) is 2.09. The van der Waals surface area contributed by atoms with Crippen molar-refractivity contribution in [1.29, 1.82) is 0 Å². The number of aliphatic hydroxyl groups excluding tert-OH is 1. The molecule has 1 unspecified atom stereocenters. The summed E-state index contributed by atoms with van der Waals surface area (Å²) < 4.78 is 1.08. The highest BCUT2D eigenvalue weighted by Gasteiger charge is 2.10. The molecule has 1 N–H and O–H groups in total. The minimum absolute atomic E-state index is 0.358. The van der Waals surface area contributed by atoms with Crippen molar-refractivity contribution in [2.45, 2.75) is 25.9 Å². The molecule has 0 saturated heterocycles. The zero-order chi connectivity index (χ0) is 11.5. The quantitative estimate of drug-likeness (QED) is 0.880. The molecule has 0 saturated carbocycles. The zero-order valence-corrected chi connectivity index (χ0v) is 10.9. The normalized spacial score (nSPS) is 12.9. The molecule has 0 bridgehead atoms. The Morgan fingerprint density at radius 3 is 2.56 bits per heavy atom. The van der Waals surface area contributed by atoms with E-state index in [1.807, 2.05) is 24.3 Å². The molecule has 1 nitrogen and oxygen atoms in total. The average molecular weight is 279 g/mol. The predicted octanol–water partition coefficient (Wildman–Crippen LogP) is 4.44. The number of rotatable bonds is 3. The summed E-state index contributed by atoms with van der Waals surface area (Å²) in [5.74, 6) is 0. The Morgan fingerprint density at radius 1 is 1.12 bits per heavy atom. The maximum absolute atomic E-state index is 10.1. The Kier molecular flexibility index (Phi) is 3.62. The van der Waals surface area contributed by atoms with Crippen molar-refractivity contribution in [2.24, 2.45) is 0 Å². The molecule has 1 atom stereocenters. The van der Waals surface area contributed by atoms with Crippen LogP contribution in [0.4, 0.5) is 0 Å². The van der Waals surface area contributed by atoms with Crippen LogP contribution < -0.4 is 0 Å². The Hall–Kier alpha value is -0.860. The fourth-order valence-electron chi connectivity index (χ4n) is 2.02. The predicted molar refractivity (Wildman–Crippen MR) is 71.5 cm³/mol. The van der Waals surface area contributed by atoms with Gasteiger partial charge >= 0.3 is 0 Å². The first-order valence-corrected chi connectivity index (χ1v) is 6.38. The number of halogens is 1. The number of aliphatic hydroxyl groups is 1. The second kappa shape index (κ2) is 4.98. The maximum Gasteiger partial charge on any atom is 0.0796 e. The van der Waals surface area contributed by atoms with Crippen LogP contribution in [0, 0.1) is 0 Å². The van der Waals surface area contributed by atoms with Gasteiger partial charge in [0.15, 0.2) is 0 Å². The molecule has 16 heavy (non-hydrogen) atoms. The van der Waals surface area contributed by atoms with E-state index in [1.54, 1.807) is 0 Å². The van der Waals surface area contributed by atoms with Crippen LogP contribution in [0.3, 0.4) is 0 Å². The number of benzene rings is 2. The van der Waals surface area contributed by atoms with Gasteiger partial charge < -0.3 is 5.11 Å². The van der Waals surface area contributed by atoms with Crippen LogP contribution >= 0.6 is 15.9 Å². The van der Waals surface area contributed by atoms with E-state index in [4.69, 9.17) is 0 Å². The lowest BCUT2D eigenvalue weighted by Gasteiger charge is -2.13. The third kappa shape index (κ3) is 2.13. The molecule has 2 aromatic carbocycles. The summed E-state index contributed by atoms with van der Waals surface area (Å²) in [6, 6.07) is 12.2. The Morgan fingerprint density at radius 2 is 1.81 bits per heavy atom. The number of hydrogen-bond acceptors (Lipinski definition) is 1. The van der Waals surface area contributed by atoms with Crippen LogP contribution in [0.2, 0.25) is 0 Å². The standard InChI is InChI=1S/C14H15BrO/c1-2-5-14(16)12-8-3-7-11-10(12)6-4-9-13(11)15/h3-4,6-9,14,16H,2,5H2,1H3. The van der Waals surface area contributed by atoms with Crippen molar-refractivity contribution in [2.75, 3.05) is 0 Å². The Balaban J connectivity index is 2.58. The minimum atomic E-state index is -0.358. The first-order valence-electron chi connectivity index (χ1n) is 5.59. The topological polar surface area (TPSA) is 20.2 Å². The summed E-state index contributed by atoms with van der Waals surface area (Å²) >= 11 is 3.54. The van der Waals surface area contributed by atoms with E-state index in [9.17, 15) is 5.11 Å². The smallest absolute Gasteiger partial charge is 0.0796 e. The van der Waals surface area contributed by atoms with Crippen LogP contribution in [0.5, 0.6) is 0 Å². The van der Waals surface area contributed by atoms with E-state index in [0.717, 1.165) is 33.7 Å². The highest BCUT2D eigenvalue weighted by atomic mass is 79.9. The summed E-state index contributed by atoms with van der Waals surface area (Å²) in [5, 5.41) is 12.4. The van der Waals surface area contributed by atoms with Crippen molar-refractivity contribution in [1.82, 2.24) is 0 Å². The van der Waals surface area contributed by atoms with Crippen LogP contribution in [-0.2, 0) is 0 Å². The fourth-order valence-corrected chi connectivity index (χ4v) is 2.51. The van der Waals surface area contributed by atoms with E-state index >= 15 is 0 Å². The molecule has 0 aromatic heterocycles. The summed E-state index contributed by atoms with van der Waals surface area (Å²) in [4.78, 5) is 0. The third-order valence-electron chi connectivity index (χ3n) is 2.82. The highest BCUT2D eigenvalue weighted by molar-refractivity contribution is 9.10. The van der Waals surface area contributed by atoms with E-state index < -0.39 is 0 Å². The van der Waals surface area contributed by atoms with Gasteiger partial charge in [-0.3, -0.25) is 0 Å². The van der Waals surface area contributed by atoms with Crippen LogP contribution in [0.1, 0.15) is 31.4 Å². The van der Waals surface area contributed by atoms with Gasteiger partial charge in [-0.1, -0.05) is 59.6 Å². The fraction of sp³-hybridized carbons (Fsp3) is 0.286. The average Bonchev–Trinajstić information content (AvgIpc) is 2.29. The zero-order valence-electron chi connectivity index (χ0n) is 9.28. The monoisotopic (exact) mass is 278 g/mol. The molecule has 0 aliphatic rings. The van der Waals surface area contributed by atoms with Crippen molar-refractivity contribution in [3.63, 3.8) is 0 Å². The van der Waals surface area contributed by atoms with Gasteiger partial charge in [-0.05, 0) is 28.8 Å². The summed E-state index contributed by atoms with van der Waals surface area (Å²) in [5.41, 5.74) is 1.03. The van der Waals surface area contributed by atoms with Gasteiger partial charge in [-0.2, -0.15) is 0 Å². The van der Waals surface area contributed by atoms with Gasteiger partial charge in [0.05, 0.1) is 6.10 Å². The maximum atomic E-state index is 10.1. The molecule has 84 valence electrons. The van der Waals surface area contributed by atoms with E-state index in [2.05, 4.69) is 35.0 Å². The minimum Gasteiger partial charge on any atom is -0.388 e. The molecular weight excluding hydrogens is 264 g/mol. The molecule has 0 amide bonds. The van der Waals surface area contributed by atoms with E-state index in [1.165, 1.54) is 0 Å². The second-order valence-electron chi connectivity index (χ2n) is 3.99. The van der Waals surface area contributed by atoms with Crippen molar-refractivity contribution < 1.29 is 5.11 Å². The van der Waals surface area contributed by atoms with Crippen LogP contribution in [-0.4, -0.2) is 5.11 Å². The highest BCUT2D eigenvalue weighted by Crippen LogP contribution is 2.30. The molecule has 2 heteroatoms. The molecule has 2 aromatic rings. The molecular formula is C14H15BrO. The Bertz CT molecular complexity index is 493. The number of fused-ring (bicyclic) bond motifs is 1. The van der Waals surface area contributed by atoms with Crippen molar-refractivity contribution >= 4 is 26.7 Å². The van der Waals surface area contributed by atoms with E-state index in [-0.39, 0.29) is 6.10 Å². The van der Waals surface area contributed by atoms with Gasteiger partial charge in [0.2, 0.25) is 0 Å².